The molecule has 0 heterocycles. The second-order valence-corrected chi connectivity index (χ2v) is 5.37. The van der Waals surface area contributed by atoms with E-state index in [1.807, 2.05) is 0 Å². The summed E-state index contributed by atoms with van der Waals surface area (Å²) in [6.07, 6.45) is -5.68. The minimum atomic E-state index is -4.67. The zero-order valence-corrected chi connectivity index (χ0v) is 12.8. The number of nitrogens with zero attached hydrogens (tertiary/aromatic N) is 1. The number of halogens is 4. The molecule has 128 valence electrons. The van der Waals surface area contributed by atoms with Crippen LogP contribution < -0.4 is 5.32 Å². The standard InChI is InChI=1S/C15H12ClF3N2O3/c16-11-4-1-9(2-5-11)14(22)8-20-12-6-3-10(15(17,18)19)7-13(12)21(23)24/h1-7,14,20,22H,8H2/t14-/m0/s1. The SMILES string of the molecule is O=[N+]([O-])c1cc(C(F)(F)F)ccc1NC[C@H](O)c1ccc(Cl)cc1. The number of aliphatic hydroxyl groups is 1. The van der Waals surface area contributed by atoms with Crippen LogP contribution in [0, 0.1) is 10.1 Å². The zero-order valence-electron chi connectivity index (χ0n) is 12.0. The second-order valence-electron chi connectivity index (χ2n) is 4.94. The van der Waals surface area contributed by atoms with Crippen molar-refractivity contribution in [2.45, 2.75) is 12.3 Å². The predicted molar refractivity (Wildman–Crippen MR) is 83.0 cm³/mol. The van der Waals surface area contributed by atoms with Crippen LogP contribution in [0.15, 0.2) is 42.5 Å². The molecule has 2 aromatic carbocycles. The van der Waals surface area contributed by atoms with Gasteiger partial charge in [-0.2, -0.15) is 13.2 Å². The molecule has 9 heteroatoms. The molecule has 0 saturated heterocycles. The van der Waals surface area contributed by atoms with E-state index in [9.17, 15) is 28.4 Å². The molecule has 0 aliphatic heterocycles. The summed E-state index contributed by atoms with van der Waals surface area (Å²) in [6, 6.07) is 8.46. The third-order valence-corrected chi connectivity index (χ3v) is 3.51. The number of aliphatic hydroxyl groups excluding tert-OH is 1. The van der Waals surface area contributed by atoms with Crippen LogP contribution in [0.5, 0.6) is 0 Å². The van der Waals surface area contributed by atoms with Gasteiger partial charge < -0.3 is 10.4 Å². The molecule has 1 atom stereocenters. The van der Waals surface area contributed by atoms with Crippen LogP contribution in [0.3, 0.4) is 0 Å². The summed E-state index contributed by atoms with van der Waals surface area (Å²) in [5.74, 6) is 0. The van der Waals surface area contributed by atoms with Gasteiger partial charge >= 0.3 is 6.18 Å². The number of benzene rings is 2. The van der Waals surface area contributed by atoms with Crippen molar-refractivity contribution in [1.29, 1.82) is 0 Å². The van der Waals surface area contributed by atoms with Gasteiger partial charge in [-0.3, -0.25) is 10.1 Å². The maximum atomic E-state index is 12.6. The van der Waals surface area contributed by atoms with Gasteiger partial charge in [-0.25, -0.2) is 0 Å². The quantitative estimate of drug-likeness (QED) is 0.611. The lowest BCUT2D eigenvalue weighted by Gasteiger charge is -2.14. The highest BCUT2D eigenvalue weighted by atomic mass is 35.5. The fourth-order valence-corrected chi connectivity index (χ4v) is 2.14. The van der Waals surface area contributed by atoms with Crippen LogP contribution in [0.25, 0.3) is 0 Å². The number of rotatable bonds is 5. The molecule has 24 heavy (non-hydrogen) atoms. The molecule has 0 spiro atoms. The van der Waals surface area contributed by atoms with Crippen LogP contribution in [0.4, 0.5) is 24.5 Å². The molecule has 5 nitrogen and oxygen atoms in total. The molecule has 2 rings (SSSR count). The maximum absolute atomic E-state index is 12.6. The minimum absolute atomic E-state index is 0.110. The van der Waals surface area contributed by atoms with Crippen molar-refractivity contribution in [3.63, 3.8) is 0 Å². The van der Waals surface area contributed by atoms with Crippen LogP contribution in [-0.4, -0.2) is 16.6 Å². The first-order valence-corrected chi connectivity index (χ1v) is 7.09. The van der Waals surface area contributed by atoms with Crippen LogP contribution in [-0.2, 0) is 6.18 Å². The van der Waals surface area contributed by atoms with Crippen LogP contribution in [0.2, 0.25) is 5.02 Å². The second kappa shape index (κ2) is 7.06. The number of nitro groups is 1. The van der Waals surface area contributed by atoms with Crippen molar-refractivity contribution in [3.8, 4) is 0 Å². The van der Waals surface area contributed by atoms with Crippen molar-refractivity contribution in [3.05, 3.63) is 68.7 Å². The van der Waals surface area contributed by atoms with Gasteiger partial charge in [0, 0.05) is 17.6 Å². The highest BCUT2D eigenvalue weighted by Gasteiger charge is 2.33. The lowest BCUT2D eigenvalue weighted by Crippen LogP contribution is -2.14. The van der Waals surface area contributed by atoms with E-state index in [2.05, 4.69) is 5.32 Å². The number of alkyl halides is 3. The van der Waals surface area contributed by atoms with Crippen molar-refractivity contribution in [2.75, 3.05) is 11.9 Å². The number of anilines is 1. The topological polar surface area (TPSA) is 75.4 Å². The summed E-state index contributed by atoms with van der Waals surface area (Å²) in [4.78, 5) is 10.1. The van der Waals surface area contributed by atoms with E-state index in [-0.39, 0.29) is 12.2 Å². The van der Waals surface area contributed by atoms with Gasteiger partial charge in [0.15, 0.2) is 0 Å². The van der Waals surface area contributed by atoms with Gasteiger partial charge in [-0.15, -0.1) is 0 Å². The smallest absolute Gasteiger partial charge is 0.387 e. The molecule has 2 aromatic rings. The van der Waals surface area contributed by atoms with Crippen molar-refractivity contribution < 1.29 is 23.2 Å². The molecule has 0 fully saturated rings. The summed E-state index contributed by atoms with van der Waals surface area (Å²) in [6.45, 7) is -0.117. The summed E-state index contributed by atoms with van der Waals surface area (Å²) in [5, 5.41) is 24.1. The molecule has 0 aromatic heterocycles. The Hall–Kier alpha value is -2.32. The van der Waals surface area contributed by atoms with Gasteiger partial charge in [0.05, 0.1) is 16.6 Å². The molecular formula is C15H12ClF3N2O3. The Balaban J connectivity index is 2.17. The molecule has 0 bridgehead atoms. The van der Waals surface area contributed by atoms with Gasteiger partial charge in [-0.1, -0.05) is 23.7 Å². The van der Waals surface area contributed by atoms with Gasteiger partial charge in [0.2, 0.25) is 0 Å². The highest BCUT2D eigenvalue weighted by Crippen LogP contribution is 2.35. The lowest BCUT2D eigenvalue weighted by atomic mass is 10.1. The molecule has 0 aliphatic carbocycles. The average molecular weight is 361 g/mol. The summed E-state index contributed by atoms with van der Waals surface area (Å²) >= 11 is 5.73. The number of hydrogen-bond donors (Lipinski definition) is 2. The van der Waals surface area contributed by atoms with Crippen molar-refractivity contribution in [1.82, 2.24) is 0 Å². The number of nitrogens with one attached hydrogen (secondary N) is 1. The van der Waals surface area contributed by atoms with E-state index in [0.717, 1.165) is 12.1 Å². The molecule has 0 aliphatic rings. The molecular weight excluding hydrogens is 349 g/mol. The lowest BCUT2D eigenvalue weighted by molar-refractivity contribution is -0.384. The van der Waals surface area contributed by atoms with E-state index in [1.54, 1.807) is 24.3 Å². The van der Waals surface area contributed by atoms with E-state index >= 15 is 0 Å². The number of nitro benzene ring substituents is 1. The maximum Gasteiger partial charge on any atom is 0.416 e. The summed E-state index contributed by atoms with van der Waals surface area (Å²) in [5.41, 5.74) is -1.42. The van der Waals surface area contributed by atoms with Crippen LogP contribution in [0.1, 0.15) is 17.2 Å². The van der Waals surface area contributed by atoms with Gasteiger partial charge in [0.1, 0.15) is 5.69 Å². The Labute approximate surface area is 139 Å². The molecule has 0 unspecified atom stereocenters. The zero-order chi connectivity index (χ0) is 17.9. The minimum Gasteiger partial charge on any atom is -0.387 e. The van der Waals surface area contributed by atoms with Crippen molar-refractivity contribution >= 4 is 23.0 Å². The Morgan fingerprint density at radius 1 is 1.21 bits per heavy atom. The predicted octanol–water partition coefficient (Wildman–Crippen LogP) is 4.41. The largest absolute Gasteiger partial charge is 0.416 e. The Kier molecular flexibility index (Phi) is 5.30. The van der Waals surface area contributed by atoms with E-state index in [1.165, 1.54) is 0 Å². The van der Waals surface area contributed by atoms with Crippen LogP contribution >= 0.6 is 11.6 Å². The Bertz CT molecular complexity index is 736. The first-order chi connectivity index (χ1) is 11.2. The fourth-order valence-electron chi connectivity index (χ4n) is 2.02. The fraction of sp³-hybridized carbons (Fsp3) is 0.200. The number of hydrogen-bond acceptors (Lipinski definition) is 4. The Morgan fingerprint density at radius 3 is 2.38 bits per heavy atom. The molecule has 2 N–H and O–H groups in total. The van der Waals surface area contributed by atoms with Gasteiger partial charge in [-0.05, 0) is 29.8 Å². The third-order valence-electron chi connectivity index (χ3n) is 3.26. The summed E-state index contributed by atoms with van der Waals surface area (Å²) < 4.78 is 37.9. The van der Waals surface area contributed by atoms with Gasteiger partial charge in [0.25, 0.3) is 5.69 Å². The highest BCUT2D eigenvalue weighted by molar-refractivity contribution is 6.30. The van der Waals surface area contributed by atoms with E-state index < -0.39 is 28.5 Å². The first-order valence-electron chi connectivity index (χ1n) is 6.71. The molecule has 0 amide bonds. The third kappa shape index (κ3) is 4.36. The normalized spacial score (nSPS) is 12.7. The summed E-state index contributed by atoms with van der Waals surface area (Å²) in [7, 11) is 0. The van der Waals surface area contributed by atoms with E-state index in [4.69, 9.17) is 11.6 Å². The molecule has 0 saturated carbocycles. The van der Waals surface area contributed by atoms with Crippen molar-refractivity contribution in [2.24, 2.45) is 0 Å². The average Bonchev–Trinajstić information content (AvgIpc) is 2.52. The Morgan fingerprint density at radius 2 is 1.83 bits per heavy atom. The monoisotopic (exact) mass is 360 g/mol. The first kappa shape index (κ1) is 18.0. The van der Waals surface area contributed by atoms with E-state index in [0.29, 0.717) is 16.7 Å². The molecule has 0 radical (unpaired) electrons.